The summed E-state index contributed by atoms with van der Waals surface area (Å²) in [7, 11) is 2.06. The van der Waals surface area contributed by atoms with Crippen molar-refractivity contribution >= 4 is 52.3 Å². The number of carbonyl (C=O) groups is 4. The lowest BCUT2D eigenvalue weighted by atomic mass is 9.86. The Bertz CT molecular complexity index is 2360. The second-order valence-electron chi connectivity index (χ2n) is 17.0. The van der Waals surface area contributed by atoms with Crippen LogP contribution in [0.2, 0.25) is 0 Å². The van der Waals surface area contributed by atoms with Crippen molar-refractivity contribution in [1.29, 1.82) is 0 Å². The van der Waals surface area contributed by atoms with E-state index in [1.54, 1.807) is 29.2 Å². The third-order valence-electron chi connectivity index (χ3n) is 12.7. The minimum Gasteiger partial charge on any atom is -0.457 e. The quantitative estimate of drug-likeness (QED) is 0.127. The molecule has 8 rings (SSSR count). The van der Waals surface area contributed by atoms with Gasteiger partial charge in [0.05, 0.1) is 5.70 Å². The molecule has 64 heavy (non-hydrogen) atoms. The van der Waals surface area contributed by atoms with Gasteiger partial charge in [0.25, 0.3) is 5.91 Å². The van der Waals surface area contributed by atoms with E-state index < -0.39 is 5.91 Å². The molecule has 0 bridgehead atoms. The number of ether oxygens (including phenoxy) is 1. The van der Waals surface area contributed by atoms with E-state index in [0.29, 0.717) is 68.6 Å². The van der Waals surface area contributed by atoms with Crippen molar-refractivity contribution in [1.82, 2.24) is 20.4 Å². The minimum atomic E-state index is -0.643. The predicted molar refractivity (Wildman–Crippen MR) is 250 cm³/mol. The first-order valence-corrected chi connectivity index (χ1v) is 22.3. The lowest BCUT2D eigenvalue weighted by Gasteiger charge is -2.38. The van der Waals surface area contributed by atoms with E-state index in [1.165, 1.54) is 11.3 Å². The number of benzene rings is 4. The Balaban J connectivity index is 0.760. The predicted octanol–water partition coefficient (Wildman–Crippen LogP) is 4.93. The molecule has 4 heterocycles. The lowest BCUT2D eigenvalue weighted by molar-refractivity contribution is -0.133. The van der Waals surface area contributed by atoms with Crippen molar-refractivity contribution in [3.05, 3.63) is 120 Å². The van der Waals surface area contributed by atoms with E-state index >= 15 is 0 Å². The van der Waals surface area contributed by atoms with Gasteiger partial charge in [-0.15, -0.1) is 0 Å². The summed E-state index contributed by atoms with van der Waals surface area (Å²) >= 11 is 0. The highest BCUT2D eigenvalue weighted by molar-refractivity contribution is 6.25. The molecule has 0 aromatic heterocycles. The smallest absolute Gasteiger partial charge is 0.328 e. The largest absolute Gasteiger partial charge is 0.457 e. The maximum absolute atomic E-state index is 13.4. The number of piperidine rings is 1. The highest BCUT2D eigenvalue weighted by Gasteiger charge is 2.33. The van der Waals surface area contributed by atoms with Crippen molar-refractivity contribution in [3.8, 4) is 11.5 Å². The third kappa shape index (κ3) is 10.7. The second kappa shape index (κ2) is 20.1. The van der Waals surface area contributed by atoms with Crippen LogP contribution in [0.3, 0.4) is 0 Å². The molecule has 4 aliphatic heterocycles. The number of likely N-dealkylation sites (tertiary alicyclic amines) is 1. The molecule has 15 nitrogen and oxygen atoms in total. The Morgan fingerprint density at radius 1 is 0.766 bits per heavy atom. The average molecular weight is 867 g/mol. The van der Waals surface area contributed by atoms with Crippen LogP contribution in [0.5, 0.6) is 11.5 Å². The number of nitrogens with one attached hydrogen (secondary N) is 2. The Morgan fingerprint density at radius 2 is 1.44 bits per heavy atom. The standard InChI is InChI=1S/C49H58N10O5/c1-55(33-34-10-14-37(15-11-34)56-28-30-57(31-29-56)38-6-5-7-39(32-38)59-27-21-43(60)54-49(59)63)24-22-44(61)58-25-19-35(20-26-58)42-18-23-52-48(53-42)45(47(51)62)46(50)36-12-16-41(17-13-36)64-40-8-3-2-4-9-40/h2-17,32,35,42H,18-31,33,50H2,1H3,(H2,51,62)(H,52,53)(H,54,60,63)/t42-/m0/s1. The van der Waals surface area contributed by atoms with Gasteiger partial charge in [0.1, 0.15) is 22.9 Å². The number of amides is 5. The van der Waals surface area contributed by atoms with Crippen LogP contribution in [-0.4, -0.2) is 111 Å². The normalized spacial score (nSPS) is 18.8. The molecule has 4 aromatic carbocycles. The van der Waals surface area contributed by atoms with E-state index in [2.05, 4.69) is 67.7 Å². The zero-order chi connectivity index (χ0) is 44.6. The summed E-state index contributed by atoms with van der Waals surface area (Å²) in [6.45, 7) is 7.19. The van der Waals surface area contributed by atoms with Gasteiger partial charge in [-0.05, 0) is 110 Å². The molecule has 334 valence electrons. The number of anilines is 3. The summed E-state index contributed by atoms with van der Waals surface area (Å²) in [5, 5.41) is 5.91. The van der Waals surface area contributed by atoms with Gasteiger partial charge in [-0.3, -0.25) is 29.6 Å². The molecule has 4 aromatic rings. The highest BCUT2D eigenvalue weighted by atomic mass is 16.5. The number of aliphatic imine (C=N–C) groups is 1. The molecule has 0 aliphatic carbocycles. The molecule has 6 N–H and O–H groups in total. The summed E-state index contributed by atoms with van der Waals surface area (Å²) in [6.07, 6.45) is 3.30. The molecule has 1 atom stereocenters. The summed E-state index contributed by atoms with van der Waals surface area (Å²) < 4.78 is 5.91. The molecule has 5 amide bonds. The first-order valence-electron chi connectivity index (χ1n) is 22.3. The van der Waals surface area contributed by atoms with Crippen LogP contribution in [0.4, 0.5) is 21.9 Å². The maximum Gasteiger partial charge on any atom is 0.328 e. The van der Waals surface area contributed by atoms with E-state index in [0.717, 1.165) is 69.1 Å². The van der Waals surface area contributed by atoms with Crippen LogP contribution in [0, 0.1) is 5.92 Å². The number of urea groups is 1. The Kier molecular flexibility index (Phi) is 13.7. The monoisotopic (exact) mass is 866 g/mol. The van der Waals surface area contributed by atoms with Crippen LogP contribution in [0.15, 0.2) is 114 Å². The number of para-hydroxylation sites is 1. The van der Waals surface area contributed by atoms with Crippen LogP contribution in [0.1, 0.15) is 43.2 Å². The van der Waals surface area contributed by atoms with Gasteiger partial charge in [-0.1, -0.05) is 36.4 Å². The zero-order valence-electron chi connectivity index (χ0n) is 36.5. The molecule has 0 spiro atoms. The number of rotatable bonds is 14. The third-order valence-corrected chi connectivity index (χ3v) is 12.7. The molecule has 0 radical (unpaired) electrons. The Hall–Kier alpha value is -6.87. The number of imide groups is 1. The van der Waals surface area contributed by atoms with Gasteiger partial charge >= 0.3 is 6.03 Å². The summed E-state index contributed by atoms with van der Waals surface area (Å²) in [6, 6.07) is 33.1. The Labute approximate surface area is 374 Å². The minimum absolute atomic E-state index is 0.0884. The number of carbonyl (C=O) groups excluding carboxylic acids is 4. The fourth-order valence-electron chi connectivity index (χ4n) is 9.05. The van der Waals surface area contributed by atoms with E-state index in [1.807, 2.05) is 53.4 Å². The van der Waals surface area contributed by atoms with Crippen LogP contribution in [-0.2, 0) is 20.9 Å². The first kappa shape index (κ1) is 43.8. The SMILES string of the molecule is CN(CCC(=O)N1CCC([C@@H]2CCN=C(C(C(N)=O)=C(N)c3ccc(Oc4ccccc4)cc3)N2)CC1)Cc1ccc(N2CCN(c3cccc(N4CCC(=O)NC4=O)c3)CC2)cc1. The van der Waals surface area contributed by atoms with Gasteiger partial charge < -0.3 is 41.1 Å². The van der Waals surface area contributed by atoms with E-state index in [4.69, 9.17) is 16.2 Å². The molecule has 15 heteroatoms. The van der Waals surface area contributed by atoms with Gasteiger partial charge in [0.15, 0.2) is 0 Å². The number of amidine groups is 1. The summed E-state index contributed by atoms with van der Waals surface area (Å²) in [5.41, 5.74) is 17.8. The van der Waals surface area contributed by atoms with E-state index in [-0.39, 0.29) is 35.2 Å². The molecule has 3 saturated heterocycles. The summed E-state index contributed by atoms with van der Waals surface area (Å²) in [5.74, 6) is 1.40. The van der Waals surface area contributed by atoms with Crippen molar-refractivity contribution in [2.24, 2.45) is 22.4 Å². The van der Waals surface area contributed by atoms with Crippen molar-refractivity contribution in [2.75, 3.05) is 80.7 Å². The van der Waals surface area contributed by atoms with Crippen LogP contribution >= 0.6 is 0 Å². The molecule has 0 saturated carbocycles. The van der Waals surface area contributed by atoms with Crippen LogP contribution < -0.4 is 41.5 Å². The van der Waals surface area contributed by atoms with Gasteiger partial charge in [-0.25, -0.2) is 4.79 Å². The maximum atomic E-state index is 13.4. The highest BCUT2D eigenvalue weighted by Crippen LogP contribution is 2.29. The van der Waals surface area contributed by atoms with E-state index in [9.17, 15) is 19.2 Å². The number of hydrogen-bond acceptors (Lipinski definition) is 11. The van der Waals surface area contributed by atoms with Gasteiger partial charge in [0, 0.05) is 101 Å². The molecule has 0 unspecified atom stereocenters. The van der Waals surface area contributed by atoms with Crippen molar-refractivity contribution in [2.45, 2.75) is 44.7 Å². The van der Waals surface area contributed by atoms with Crippen LogP contribution in [0.25, 0.3) is 5.70 Å². The number of hydrogen-bond donors (Lipinski definition) is 4. The number of piperazine rings is 1. The lowest BCUT2D eigenvalue weighted by Crippen LogP contribution is -2.50. The van der Waals surface area contributed by atoms with Crippen molar-refractivity contribution in [3.63, 3.8) is 0 Å². The fourth-order valence-corrected chi connectivity index (χ4v) is 9.05. The molecule has 4 aliphatic rings. The second-order valence-corrected chi connectivity index (χ2v) is 17.0. The molecular weight excluding hydrogens is 809 g/mol. The van der Waals surface area contributed by atoms with Gasteiger partial charge in [-0.2, -0.15) is 0 Å². The topological polar surface area (TPSA) is 182 Å². The van der Waals surface area contributed by atoms with Crippen molar-refractivity contribution < 1.29 is 23.9 Å². The average Bonchev–Trinajstić information content (AvgIpc) is 3.32. The number of nitrogens with zero attached hydrogens (tertiary/aromatic N) is 6. The first-order chi connectivity index (χ1) is 31.1. The number of primary amides is 1. The summed E-state index contributed by atoms with van der Waals surface area (Å²) in [4.78, 5) is 65.3. The number of nitrogens with two attached hydrogens (primary N) is 2. The zero-order valence-corrected chi connectivity index (χ0v) is 36.5. The molecule has 3 fully saturated rings. The van der Waals surface area contributed by atoms with Gasteiger partial charge in [0.2, 0.25) is 11.8 Å². The Morgan fingerprint density at radius 3 is 2.12 bits per heavy atom. The molecular formula is C49H58N10O5. The fraction of sp³-hybridized carbons (Fsp3) is 0.367.